The standard InChI is InChI=1S/C20H20F2N3O2P/c1-2-14-3-5-15(6-4-14)12-25-19(26)10-8-17(24-25)16-7-9-18(23-11-16)27-13-20(21,22)28/h3-11H,2,12-13,28H2,1H3. The van der Waals surface area contributed by atoms with Crippen LogP contribution in [-0.4, -0.2) is 27.0 Å². The summed E-state index contributed by atoms with van der Waals surface area (Å²) in [6.07, 6.45) is 2.43. The molecule has 0 bridgehead atoms. The van der Waals surface area contributed by atoms with Crippen molar-refractivity contribution in [2.75, 3.05) is 6.61 Å². The first-order chi connectivity index (χ1) is 13.3. The van der Waals surface area contributed by atoms with Crippen LogP contribution in [-0.2, 0) is 13.0 Å². The van der Waals surface area contributed by atoms with E-state index in [0.717, 1.165) is 12.0 Å². The van der Waals surface area contributed by atoms with Gasteiger partial charge < -0.3 is 4.74 Å². The molecule has 0 saturated heterocycles. The van der Waals surface area contributed by atoms with Crippen molar-refractivity contribution < 1.29 is 13.5 Å². The molecule has 0 N–H and O–H groups in total. The lowest BCUT2D eigenvalue weighted by Crippen LogP contribution is -2.22. The third-order valence-electron chi connectivity index (χ3n) is 4.07. The maximum atomic E-state index is 12.8. The SMILES string of the molecule is CCc1ccc(Cn2nc(-c3ccc(OCC(F)(F)P)nc3)ccc2=O)cc1. The number of hydrogen-bond acceptors (Lipinski definition) is 4. The molecule has 1 unspecified atom stereocenters. The summed E-state index contributed by atoms with van der Waals surface area (Å²) in [6, 6.07) is 14.2. The molecule has 28 heavy (non-hydrogen) atoms. The minimum atomic E-state index is -3.01. The number of halogens is 2. The largest absolute Gasteiger partial charge is 0.471 e. The van der Waals surface area contributed by atoms with Gasteiger partial charge in [-0.1, -0.05) is 40.4 Å². The van der Waals surface area contributed by atoms with Gasteiger partial charge in [-0.3, -0.25) is 4.79 Å². The van der Waals surface area contributed by atoms with Crippen LogP contribution in [0.15, 0.2) is 59.5 Å². The van der Waals surface area contributed by atoms with Crippen molar-refractivity contribution in [3.8, 4) is 17.1 Å². The summed E-state index contributed by atoms with van der Waals surface area (Å²) in [4.78, 5) is 16.2. The topological polar surface area (TPSA) is 57.0 Å². The maximum Gasteiger partial charge on any atom is 0.292 e. The average molecular weight is 403 g/mol. The van der Waals surface area contributed by atoms with Crippen LogP contribution in [0.2, 0.25) is 0 Å². The van der Waals surface area contributed by atoms with E-state index >= 15 is 0 Å². The van der Waals surface area contributed by atoms with E-state index in [0.29, 0.717) is 17.8 Å². The summed E-state index contributed by atoms with van der Waals surface area (Å²) in [5, 5.41) is 4.40. The molecule has 146 valence electrons. The second-order valence-corrected chi connectivity index (χ2v) is 7.16. The van der Waals surface area contributed by atoms with Crippen LogP contribution in [0.3, 0.4) is 0 Å². The first-order valence-electron chi connectivity index (χ1n) is 8.76. The monoisotopic (exact) mass is 403 g/mol. The van der Waals surface area contributed by atoms with E-state index < -0.39 is 12.3 Å². The van der Waals surface area contributed by atoms with Crippen molar-refractivity contribution in [2.24, 2.45) is 0 Å². The summed E-state index contributed by atoms with van der Waals surface area (Å²) >= 11 is 0. The average Bonchev–Trinajstić information content (AvgIpc) is 2.68. The molecule has 0 spiro atoms. The lowest BCUT2D eigenvalue weighted by molar-refractivity contribution is 0.0443. The van der Waals surface area contributed by atoms with Gasteiger partial charge in [0.1, 0.15) is 0 Å². The fourth-order valence-electron chi connectivity index (χ4n) is 2.56. The van der Waals surface area contributed by atoms with E-state index in [1.165, 1.54) is 37.8 Å². The van der Waals surface area contributed by atoms with E-state index in [1.54, 1.807) is 12.1 Å². The molecule has 2 aromatic heterocycles. The number of aryl methyl sites for hydroxylation is 1. The molecule has 8 heteroatoms. The van der Waals surface area contributed by atoms with Gasteiger partial charge in [0.15, 0.2) is 6.61 Å². The molecule has 0 radical (unpaired) electrons. The minimum absolute atomic E-state index is 0.0928. The molecule has 3 rings (SSSR count). The van der Waals surface area contributed by atoms with Crippen molar-refractivity contribution in [3.63, 3.8) is 0 Å². The van der Waals surface area contributed by atoms with Gasteiger partial charge in [0, 0.05) is 23.9 Å². The molecule has 2 heterocycles. The fraction of sp³-hybridized carbons (Fsp3) is 0.250. The van der Waals surface area contributed by atoms with Crippen molar-refractivity contribution in [1.29, 1.82) is 0 Å². The second kappa shape index (κ2) is 8.57. The zero-order valence-corrected chi connectivity index (χ0v) is 16.5. The Morgan fingerprint density at radius 2 is 1.79 bits per heavy atom. The Morgan fingerprint density at radius 1 is 1.07 bits per heavy atom. The number of benzene rings is 1. The van der Waals surface area contributed by atoms with Crippen molar-refractivity contribution in [2.45, 2.75) is 25.6 Å². The van der Waals surface area contributed by atoms with Crippen molar-refractivity contribution >= 4 is 9.24 Å². The Bertz CT molecular complexity index is 984. The lowest BCUT2D eigenvalue weighted by atomic mass is 10.1. The molecular formula is C20H20F2N3O2P. The Labute approximate surface area is 163 Å². The molecule has 1 aromatic carbocycles. The van der Waals surface area contributed by atoms with Crippen LogP contribution in [0.5, 0.6) is 5.88 Å². The highest BCUT2D eigenvalue weighted by Crippen LogP contribution is 2.23. The van der Waals surface area contributed by atoms with Gasteiger partial charge in [-0.25, -0.2) is 9.67 Å². The van der Waals surface area contributed by atoms with Crippen LogP contribution in [0.4, 0.5) is 8.78 Å². The Balaban J connectivity index is 1.77. The van der Waals surface area contributed by atoms with E-state index in [4.69, 9.17) is 4.74 Å². The Morgan fingerprint density at radius 3 is 2.39 bits per heavy atom. The van der Waals surface area contributed by atoms with Crippen LogP contribution >= 0.6 is 9.24 Å². The van der Waals surface area contributed by atoms with Gasteiger partial charge in [0.25, 0.3) is 11.2 Å². The quantitative estimate of drug-likeness (QED) is 0.564. The highest BCUT2D eigenvalue weighted by atomic mass is 31.0. The number of rotatable bonds is 7. The molecular weight excluding hydrogens is 383 g/mol. The third-order valence-corrected chi connectivity index (χ3v) is 4.24. The van der Waals surface area contributed by atoms with E-state index in [1.807, 2.05) is 24.3 Å². The van der Waals surface area contributed by atoms with E-state index in [9.17, 15) is 13.6 Å². The second-order valence-electron chi connectivity index (χ2n) is 6.32. The van der Waals surface area contributed by atoms with Gasteiger partial charge in [0.05, 0.1) is 12.2 Å². The molecule has 0 fully saturated rings. The smallest absolute Gasteiger partial charge is 0.292 e. The minimum Gasteiger partial charge on any atom is -0.471 e. The zero-order valence-electron chi connectivity index (χ0n) is 15.3. The highest BCUT2D eigenvalue weighted by Gasteiger charge is 2.22. The van der Waals surface area contributed by atoms with Gasteiger partial charge in [-0.05, 0) is 29.7 Å². The van der Waals surface area contributed by atoms with E-state index in [-0.39, 0.29) is 11.4 Å². The van der Waals surface area contributed by atoms with Gasteiger partial charge in [-0.2, -0.15) is 13.9 Å². The maximum absolute atomic E-state index is 12.8. The Kier molecular flexibility index (Phi) is 6.15. The molecule has 0 aliphatic carbocycles. The summed E-state index contributed by atoms with van der Waals surface area (Å²) in [7, 11) is 1.42. The van der Waals surface area contributed by atoms with Crippen LogP contribution < -0.4 is 10.3 Å². The Hall–Kier alpha value is -2.66. The summed E-state index contributed by atoms with van der Waals surface area (Å²) in [5.74, 6) is 0.0928. The highest BCUT2D eigenvalue weighted by molar-refractivity contribution is 7.18. The molecule has 0 aliphatic heterocycles. The summed E-state index contributed by atoms with van der Waals surface area (Å²) in [5.41, 5.74) is 0.196. The van der Waals surface area contributed by atoms with Gasteiger partial charge in [-0.15, -0.1) is 0 Å². The van der Waals surface area contributed by atoms with Crippen LogP contribution in [0.1, 0.15) is 18.1 Å². The van der Waals surface area contributed by atoms with Gasteiger partial charge in [0.2, 0.25) is 5.88 Å². The predicted octanol–water partition coefficient (Wildman–Crippen LogP) is 3.76. The zero-order chi connectivity index (χ0) is 20.1. The molecule has 0 amide bonds. The lowest BCUT2D eigenvalue weighted by Gasteiger charge is -2.11. The van der Waals surface area contributed by atoms with Crippen molar-refractivity contribution in [3.05, 3.63) is 76.2 Å². The van der Waals surface area contributed by atoms with Crippen LogP contribution in [0, 0.1) is 0 Å². The summed E-state index contributed by atoms with van der Waals surface area (Å²) in [6.45, 7) is 1.67. The number of pyridine rings is 1. The number of nitrogens with zero attached hydrogens (tertiary/aromatic N) is 3. The number of aromatic nitrogens is 3. The molecule has 1 atom stereocenters. The molecule has 3 aromatic rings. The molecule has 0 aliphatic rings. The molecule has 5 nitrogen and oxygen atoms in total. The third kappa shape index (κ3) is 5.42. The normalized spacial score (nSPS) is 11.4. The number of alkyl halides is 2. The first-order valence-corrected chi connectivity index (χ1v) is 9.34. The van der Waals surface area contributed by atoms with Crippen molar-refractivity contribution in [1.82, 2.24) is 14.8 Å². The number of hydrogen-bond donors (Lipinski definition) is 0. The van der Waals surface area contributed by atoms with Gasteiger partial charge >= 0.3 is 0 Å². The van der Waals surface area contributed by atoms with E-state index in [2.05, 4.69) is 17.0 Å². The van der Waals surface area contributed by atoms with Crippen LogP contribution in [0.25, 0.3) is 11.3 Å². The fourth-order valence-corrected chi connectivity index (χ4v) is 2.64. The number of ether oxygens (including phenoxy) is 1. The first kappa shape index (κ1) is 20.1. The predicted molar refractivity (Wildman–Crippen MR) is 107 cm³/mol. The molecule has 0 saturated carbocycles. The summed E-state index contributed by atoms with van der Waals surface area (Å²) < 4.78 is 32.0.